The van der Waals surface area contributed by atoms with Crippen molar-refractivity contribution >= 4 is 21.6 Å². The Kier molecular flexibility index (Phi) is 3.41. The van der Waals surface area contributed by atoms with Crippen molar-refractivity contribution < 1.29 is 13.2 Å². The van der Waals surface area contributed by atoms with Crippen LogP contribution in [0.4, 0.5) is 5.69 Å². The topological polar surface area (TPSA) is 80.5 Å². The van der Waals surface area contributed by atoms with E-state index >= 15 is 0 Å². The largest absolute Gasteiger partial charge is 0.311 e. The van der Waals surface area contributed by atoms with E-state index in [2.05, 4.69) is 0 Å². The molecule has 1 heterocycles. The number of sulfonamides is 1. The maximum absolute atomic E-state index is 11.8. The zero-order chi connectivity index (χ0) is 13.3. The number of hydrogen-bond donors (Lipinski definition) is 1. The van der Waals surface area contributed by atoms with E-state index in [0.717, 1.165) is 12.1 Å². The van der Waals surface area contributed by atoms with E-state index in [1.807, 2.05) is 31.2 Å². The molecule has 0 radical (unpaired) electrons. The summed E-state index contributed by atoms with van der Waals surface area (Å²) in [6.07, 6.45) is 0.891. The second-order valence-corrected chi connectivity index (χ2v) is 6.28. The number of aryl methyl sites for hydroxylation is 1. The summed E-state index contributed by atoms with van der Waals surface area (Å²) in [7, 11) is -3.65. The van der Waals surface area contributed by atoms with E-state index in [9.17, 15) is 13.2 Å². The Balaban J connectivity index is 2.21. The summed E-state index contributed by atoms with van der Waals surface area (Å²) in [5, 5.41) is 4.29. The molecule has 1 saturated heterocycles. The molecular formula is C12H16N2O3S. The number of rotatable bonds is 3. The zero-order valence-electron chi connectivity index (χ0n) is 10.2. The number of nitrogens with zero attached hydrogens (tertiary/aromatic N) is 1. The smallest absolute Gasteiger partial charge is 0.228 e. The number of primary sulfonamides is 1. The first-order chi connectivity index (χ1) is 8.41. The monoisotopic (exact) mass is 268 g/mol. The van der Waals surface area contributed by atoms with Crippen molar-refractivity contribution in [1.29, 1.82) is 0 Å². The highest BCUT2D eigenvalue weighted by Crippen LogP contribution is 2.24. The molecule has 0 aliphatic carbocycles. The van der Waals surface area contributed by atoms with Crippen LogP contribution in [-0.4, -0.2) is 26.1 Å². The fourth-order valence-electron chi connectivity index (χ4n) is 2.06. The minimum atomic E-state index is -3.65. The third kappa shape index (κ3) is 2.54. The summed E-state index contributed by atoms with van der Waals surface area (Å²) < 4.78 is 22.5. The number of nitrogens with two attached hydrogens (primary N) is 1. The lowest BCUT2D eigenvalue weighted by Crippen LogP contribution is -2.32. The van der Waals surface area contributed by atoms with Gasteiger partial charge >= 0.3 is 0 Å². The van der Waals surface area contributed by atoms with Gasteiger partial charge in [-0.15, -0.1) is 0 Å². The molecule has 1 amide bonds. The summed E-state index contributed by atoms with van der Waals surface area (Å²) in [4.78, 5) is 13.3. The fraction of sp³-hybridized carbons (Fsp3) is 0.417. The van der Waals surface area contributed by atoms with Crippen molar-refractivity contribution in [3.8, 4) is 0 Å². The van der Waals surface area contributed by atoms with Crippen molar-refractivity contribution in [2.24, 2.45) is 5.14 Å². The van der Waals surface area contributed by atoms with E-state index in [-0.39, 0.29) is 18.9 Å². The quantitative estimate of drug-likeness (QED) is 0.873. The molecule has 18 heavy (non-hydrogen) atoms. The number of hydrogen-bond acceptors (Lipinski definition) is 3. The molecule has 2 N–H and O–H groups in total. The van der Waals surface area contributed by atoms with Crippen LogP contribution in [0.15, 0.2) is 24.3 Å². The molecule has 1 aromatic carbocycles. The number of carbonyl (C=O) groups excluding carboxylic acids is 1. The van der Waals surface area contributed by atoms with Crippen LogP contribution in [0.25, 0.3) is 0 Å². The fourth-order valence-corrected chi connectivity index (χ4v) is 2.79. The average molecular weight is 268 g/mol. The molecule has 1 atom stereocenters. The maximum Gasteiger partial charge on any atom is 0.228 e. The van der Waals surface area contributed by atoms with Gasteiger partial charge in [-0.3, -0.25) is 4.79 Å². The third-order valence-electron chi connectivity index (χ3n) is 3.21. The van der Waals surface area contributed by atoms with Gasteiger partial charge in [0.1, 0.15) is 5.25 Å². The molecule has 0 bridgehead atoms. The maximum atomic E-state index is 11.8. The number of carbonyl (C=O) groups is 1. The lowest BCUT2D eigenvalue weighted by atomic mass is 10.1. The molecular weight excluding hydrogens is 252 g/mol. The lowest BCUT2D eigenvalue weighted by Gasteiger charge is -2.16. The van der Waals surface area contributed by atoms with Gasteiger partial charge in [0.05, 0.1) is 0 Å². The number of amides is 1. The van der Waals surface area contributed by atoms with E-state index in [0.29, 0.717) is 0 Å². The van der Waals surface area contributed by atoms with Gasteiger partial charge in [-0.05, 0) is 24.1 Å². The summed E-state index contributed by atoms with van der Waals surface area (Å²) in [5.41, 5.74) is 1.90. The molecule has 1 aliphatic heterocycles. The molecule has 0 aromatic heterocycles. The second kappa shape index (κ2) is 4.70. The van der Waals surface area contributed by atoms with E-state index < -0.39 is 15.3 Å². The minimum absolute atomic E-state index is 0.0334. The molecule has 1 aliphatic rings. The summed E-state index contributed by atoms with van der Waals surface area (Å²) in [6.45, 7) is 2.19. The van der Waals surface area contributed by atoms with Crippen LogP contribution >= 0.6 is 0 Å². The molecule has 98 valence electrons. The number of benzene rings is 1. The van der Waals surface area contributed by atoms with Crippen molar-refractivity contribution in [3.05, 3.63) is 29.8 Å². The van der Waals surface area contributed by atoms with Crippen LogP contribution in [0.5, 0.6) is 0 Å². The molecule has 2 rings (SSSR count). The van der Waals surface area contributed by atoms with Crippen molar-refractivity contribution in [1.82, 2.24) is 0 Å². The Hall–Kier alpha value is -1.40. The van der Waals surface area contributed by atoms with Gasteiger partial charge in [-0.2, -0.15) is 0 Å². The molecule has 1 aromatic rings. The number of anilines is 1. The summed E-state index contributed by atoms with van der Waals surface area (Å²) >= 11 is 0. The lowest BCUT2D eigenvalue weighted by molar-refractivity contribution is -0.117. The Morgan fingerprint density at radius 3 is 2.39 bits per heavy atom. The highest BCUT2D eigenvalue weighted by molar-refractivity contribution is 7.89. The van der Waals surface area contributed by atoms with Crippen molar-refractivity contribution in [2.75, 3.05) is 11.4 Å². The highest BCUT2D eigenvalue weighted by Gasteiger charge is 2.36. The van der Waals surface area contributed by atoms with Gasteiger partial charge < -0.3 is 4.90 Å². The SMILES string of the molecule is CCc1ccc(N2CC(S(N)(=O)=O)CC2=O)cc1. The minimum Gasteiger partial charge on any atom is -0.311 e. The van der Waals surface area contributed by atoms with Gasteiger partial charge in [-0.25, -0.2) is 13.6 Å². The third-order valence-corrected chi connectivity index (χ3v) is 4.46. The van der Waals surface area contributed by atoms with E-state index in [1.165, 1.54) is 10.5 Å². The Morgan fingerprint density at radius 1 is 1.33 bits per heavy atom. The second-order valence-electron chi connectivity index (χ2n) is 4.44. The Bertz CT molecular complexity index is 551. The standard InChI is InChI=1S/C12H16N2O3S/c1-2-9-3-5-10(6-4-9)14-8-11(7-12(14)15)18(13,16)17/h3-6,11H,2,7-8H2,1H3,(H2,13,16,17). The van der Waals surface area contributed by atoms with Crippen LogP contribution in [-0.2, 0) is 21.2 Å². The first kappa shape index (κ1) is 13.0. The summed E-state index contributed by atoms with van der Waals surface area (Å²) in [6, 6.07) is 7.55. The summed E-state index contributed by atoms with van der Waals surface area (Å²) in [5.74, 6) is -0.196. The molecule has 1 unspecified atom stereocenters. The van der Waals surface area contributed by atoms with Crippen LogP contribution in [0.3, 0.4) is 0 Å². The van der Waals surface area contributed by atoms with Gasteiger partial charge in [-0.1, -0.05) is 19.1 Å². The molecule has 0 spiro atoms. The first-order valence-electron chi connectivity index (χ1n) is 5.82. The van der Waals surface area contributed by atoms with Gasteiger partial charge in [0.25, 0.3) is 0 Å². The normalized spacial score (nSPS) is 20.4. The van der Waals surface area contributed by atoms with Crippen LogP contribution in [0.1, 0.15) is 18.9 Å². The van der Waals surface area contributed by atoms with Gasteiger partial charge in [0, 0.05) is 18.7 Å². The molecule has 0 saturated carbocycles. The predicted molar refractivity (Wildman–Crippen MR) is 69.7 cm³/mol. The van der Waals surface area contributed by atoms with E-state index in [4.69, 9.17) is 5.14 Å². The predicted octanol–water partition coefficient (Wildman–Crippen LogP) is 0.643. The Morgan fingerprint density at radius 2 is 1.94 bits per heavy atom. The van der Waals surface area contributed by atoms with Gasteiger partial charge in [0.2, 0.25) is 15.9 Å². The Labute approximate surface area is 107 Å². The molecule has 6 heteroatoms. The molecule has 5 nitrogen and oxygen atoms in total. The van der Waals surface area contributed by atoms with E-state index in [1.54, 1.807) is 0 Å². The average Bonchev–Trinajstić information content (AvgIpc) is 2.71. The molecule has 1 fully saturated rings. The van der Waals surface area contributed by atoms with Crippen molar-refractivity contribution in [2.45, 2.75) is 25.0 Å². The van der Waals surface area contributed by atoms with Crippen LogP contribution < -0.4 is 10.0 Å². The van der Waals surface area contributed by atoms with Gasteiger partial charge in [0.15, 0.2) is 0 Å². The zero-order valence-corrected chi connectivity index (χ0v) is 11.0. The van der Waals surface area contributed by atoms with Crippen molar-refractivity contribution in [3.63, 3.8) is 0 Å². The van der Waals surface area contributed by atoms with Crippen LogP contribution in [0.2, 0.25) is 0 Å². The first-order valence-corrected chi connectivity index (χ1v) is 7.43. The van der Waals surface area contributed by atoms with Crippen LogP contribution in [0, 0.1) is 0 Å². The highest BCUT2D eigenvalue weighted by atomic mass is 32.2.